The first-order valence-electron chi connectivity index (χ1n) is 6.91. The Labute approximate surface area is 117 Å². The zero-order chi connectivity index (χ0) is 15.2. The Morgan fingerprint density at radius 1 is 1.25 bits per heavy atom. The molecule has 0 heterocycles. The van der Waals surface area contributed by atoms with E-state index in [0.717, 1.165) is 25.7 Å². The Morgan fingerprint density at radius 2 is 1.95 bits per heavy atom. The molecule has 1 aromatic rings. The lowest BCUT2D eigenvalue weighted by Gasteiger charge is -2.22. The van der Waals surface area contributed by atoms with Gasteiger partial charge in [-0.3, -0.25) is 0 Å². The number of hydrogen-bond donors (Lipinski definition) is 1. The summed E-state index contributed by atoms with van der Waals surface area (Å²) in [7, 11) is 0. The third-order valence-electron chi connectivity index (χ3n) is 3.33. The van der Waals surface area contributed by atoms with Gasteiger partial charge in [0, 0.05) is 0 Å². The van der Waals surface area contributed by atoms with E-state index in [1.807, 2.05) is 6.92 Å². The molecule has 0 aliphatic rings. The molecule has 0 saturated heterocycles. The number of halogens is 3. The van der Waals surface area contributed by atoms with E-state index in [-0.39, 0.29) is 11.7 Å². The van der Waals surface area contributed by atoms with E-state index >= 15 is 0 Å². The molecule has 20 heavy (non-hydrogen) atoms. The molecule has 0 aliphatic heterocycles. The van der Waals surface area contributed by atoms with E-state index in [4.69, 9.17) is 0 Å². The van der Waals surface area contributed by atoms with E-state index in [9.17, 15) is 18.3 Å². The van der Waals surface area contributed by atoms with Crippen molar-refractivity contribution in [1.29, 1.82) is 0 Å². The standard InChI is InChI=1S/C15H21F3O2/c1-3-5-7-11(4-2)14(19)12-8-6-9-13(10-12)20-15(16,17)18/h6,8-11,14,19H,3-5,7H2,1-2H3. The largest absolute Gasteiger partial charge is 0.573 e. The van der Waals surface area contributed by atoms with E-state index < -0.39 is 12.5 Å². The zero-order valence-corrected chi connectivity index (χ0v) is 11.8. The third-order valence-corrected chi connectivity index (χ3v) is 3.33. The van der Waals surface area contributed by atoms with Crippen LogP contribution in [0, 0.1) is 5.92 Å². The van der Waals surface area contributed by atoms with Gasteiger partial charge in [0.1, 0.15) is 5.75 Å². The summed E-state index contributed by atoms with van der Waals surface area (Å²) in [6, 6.07) is 5.58. The molecular weight excluding hydrogens is 269 g/mol. The number of hydrogen-bond acceptors (Lipinski definition) is 2. The van der Waals surface area contributed by atoms with Crippen molar-refractivity contribution in [3.63, 3.8) is 0 Å². The maximum Gasteiger partial charge on any atom is 0.573 e. The molecule has 0 fully saturated rings. The van der Waals surface area contributed by atoms with Crippen LogP contribution in [0.3, 0.4) is 0 Å². The number of rotatable bonds is 7. The first kappa shape index (κ1) is 16.8. The average molecular weight is 290 g/mol. The van der Waals surface area contributed by atoms with Crippen LogP contribution in [0.5, 0.6) is 5.75 Å². The van der Waals surface area contributed by atoms with Gasteiger partial charge in [0.25, 0.3) is 0 Å². The number of unbranched alkanes of at least 4 members (excludes halogenated alkanes) is 1. The fraction of sp³-hybridized carbons (Fsp3) is 0.600. The topological polar surface area (TPSA) is 29.5 Å². The first-order valence-corrected chi connectivity index (χ1v) is 6.91. The Bertz CT molecular complexity index is 404. The predicted octanol–water partition coefficient (Wildman–Crippen LogP) is 4.84. The smallest absolute Gasteiger partial charge is 0.406 e. The molecule has 1 N–H and O–H groups in total. The second-order valence-electron chi connectivity index (χ2n) is 4.88. The van der Waals surface area contributed by atoms with Gasteiger partial charge < -0.3 is 9.84 Å². The molecule has 1 aromatic carbocycles. The van der Waals surface area contributed by atoms with Crippen LogP contribution in [0.2, 0.25) is 0 Å². The van der Waals surface area contributed by atoms with Crippen molar-refractivity contribution in [3.05, 3.63) is 29.8 Å². The summed E-state index contributed by atoms with van der Waals surface area (Å²) in [5.74, 6) is -0.240. The summed E-state index contributed by atoms with van der Waals surface area (Å²) in [5.41, 5.74) is 0.467. The molecule has 0 bridgehead atoms. The average Bonchev–Trinajstić information content (AvgIpc) is 2.37. The number of aliphatic hydroxyl groups is 1. The molecule has 5 heteroatoms. The zero-order valence-electron chi connectivity index (χ0n) is 11.8. The highest BCUT2D eigenvalue weighted by Gasteiger charge is 2.31. The minimum atomic E-state index is -4.71. The Balaban J connectivity index is 2.81. The summed E-state index contributed by atoms with van der Waals surface area (Å²) in [5, 5.41) is 10.3. The maximum atomic E-state index is 12.2. The van der Waals surface area contributed by atoms with Gasteiger partial charge in [-0.05, 0) is 30.0 Å². The Morgan fingerprint density at radius 3 is 2.50 bits per heavy atom. The predicted molar refractivity (Wildman–Crippen MR) is 71.4 cm³/mol. The molecule has 2 unspecified atom stereocenters. The van der Waals surface area contributed by atoms with Crippen molar-refractivity contribution in [2.24, 2.45) is 5.92 Å². The monoisotopic (exact) mass is 290 g/mol. The van der Waals surface area contributed by atoms with E-state index in [0.29, 0.717) is 5.56 Å². The van der Waals surface area contributed by atoms with Gasteiger partial charge >= 0.3 is 6.36 Å². The van der Waals surface area contributed by atoms with E-state index in [1.54, 1.807) is 6.07 Å². The third kappa shape index (κ3) is 5.41. The van der Waals surface area contributed by atoms with Gasteiger partial charge in [-0.25, -0.2) is 0 Å². The maximum absolute atomic E-state index is 12.2. The van der Waals surface area contributed by atoms with Crippen molar-refractivity contribution in [1.82, 2.24) is 0 Å². The van der Waals surface area contributed by atoms with Gasteiger partial charge in [0.05, 0.1) is 6.10 Å². The van der Waals surface area contributed by atoms with Crippen LogP contribution < -0.4 is 4.74 Å². The normalized spacial score (nSPS) is 14.9. The van der Waals surface area contributed by atoms with Crippen LogP contribution >= 0.6 is 0 Å². The van der Waals surface area contributed by atoms with E-state index in [2.05, 4.69) is 11.7 Å². The number of ether oxygens (including phenoxy) is 1. The highest BCUT2D eigenvalue weighted by molar-refractivity contribution is 5.30. The lowest BCUT2D eigenvalue weighted by molar-refractivity contribution is -0.274. The minimum absolute atomic E-state index is 0.0519. The summed E-state index contributed by atoms with van der Waals surface area (Å²) in [4.78, 5) is 0. The summed E-state index contributed by atoms with van der Waals surface area (Å²) >= 11 is 0. The summed E-state index contributed by atoms with van der Waals surface area (Å²) in [6.07, 6.45) is -1.81. The van der Waals surface area contributed by atoms with Crippen molar-refractivity contribution in [2.45, 2.75) is 52.0 Å². The first-order chi connectivity index (χ1) is 9.37. The lowest BCUT2D eigenvalue weighted by Crippen LogP contribution is -2.17. The van der Waals surface area contributed by atoms with Crippen molar-refractivity contribution in [2.75, 3.05) is 0 Å². The molecule has 114 valence electrons. The second-order valence-corrected chi connectivity index (χ2v) is 4.88. The van der Waals surface area contributed by atoms with Crippen molar-refractivity contribution in [3.8, 4) is 5.75 Å². The molecule has 1 rings (SSSR count). The van der Waals surface area contributed by atoms with Crippen LogP contribution in [0.1, 0.15) is 51.2 Å². The van der Waals surface area contributed by atoms with E-state index in [1.165, 1.54) is 18.2 Å². The number of benzene rings is 1. The van der Waals surface area contributed by atoms with Gasteiger partial charge in [0.15, 0.2) is 0 Å². The summed E-state index contributed by atoms with van der Waals surface area (Å²) < 4.78 is 40.4. The van der Waals surface area contributed by atoms with Gasteiger partial charge in [-0.2, -0.15) is 0 Å². The van der Waals surface area contributed by atoms with Crippen LogP contribution in [0.15, 0.2) is 24.3 Å². The Hall–Kier alpha value is -1.23. The second kappa shape index (κ2) is 7.53. The lowest BCUT2D eigenvalue weighted by atomic mass is 9.89. The molecule has 0 aromatic heterocycles. The molecule has 0 amide bonds. The van der Waals surface area contributed by atoms with Crippen LogP contribution in [-0.4, -0.2) is 11.5 Å². The molecule has 0 saturated carbocycles. The molecule has 0 spiro atoms. The van der Waals surface area contributed by atoms with Gasteiger partial charge in [-0.1, -0.05) is 45.2 Å². The number of alkyl halides is 3. The SMILES string of the molecule is CCCCC(CC)C(O)c1cccc(OC(F)(F)F)c1. The van der Waals surface area contributed by atoms with Gasteiger partial charge in [0.2, 0.25) is 0 Å². The molecular formula is C15H21F3O2. The fourth-order valence-electron chi connectivity index (χ4n) is 2.22. The summed E-state index contributed by atoms with van der Waals surface area (Å²) in [6.45, 7) is 4.04. The van der Waals surface area contributed by atoms with Crippen molar-refractivity contribution < 1.29 is 23.0 Å². The minimum Gasteiger partial charge on any atom is -0.406 e. The highest BCUT2D eigenvalue weighted by atomic mass is 19.4. The quantitative estimate of drug-likeness (QED) is 0.779. The molecule has 2 nitrogen and oxygen atoms in total. The molecule has 2 atom stereocenters. The van der Waals surface area contributed by atoms with Gasteiger partial charge in [-0.15, -0.1) is 13.2 Å². The fourth-order valence-corrected chi connectivity index (χ4v) is 2.22. The van der Waals surface area contributed by atoms with Crippen LogP contribution in [0.25, 0.3) is 0 Å². The van der Waals surface area contributed by atoms with Crippen LogP contribution in [0.4, 0.5) is 13.2 Å². The molecule has 0 aliphatic carbocycles. The highest BCUT2D eigenvalue weighted by Crippen LogP contribution is 2.32. The van der Waals surface area contributed by atoms with Crippen molar-refractivity contribution >= 4 is 0 Å². The van der Waals surface area contributed by atoms with Crippen LogP contribution in [-0.2, 0) is 0 Å². The Kier molecular flexibility index (Phi) is 6.33. The molecule has 0 radical (unpaired) electrons. The number of aliphatic hydroxyl groups excluding tert-OH is 1.